The van der Waals surface area contributed by atoms with Crippen molar-refractivity contribution >= 4 is 16.6 Å². The fraction of sp³-hybridized carbons (Fsp3) is 0.0625. The molecule has 2 heterocycles. The summed E-state index contributed by atoms with van der Waals surface area (Å²) in [6.07, 6.45) is 0. The molecule has 0 amide bonds. The van der Waals surface area contributed by atoms with Crippen LogP contribution in [0.15, 0.2) is 51.7 Å². The minimum absolute atomic E-state index is 0.243. The zero-order valence-electron chi connectivity index (χ0n) is 11.6. The predicted octanol–water partition coefficient (Wildman–Crippen LogP) is 2.95. The molecule has 0 aliphatic carbocycles. The summed E-state index contributed by atoms with van der Waals surface area (Å²) in [5.41, 5.74) is 2.41. The van der Waals surface area contributed by atoms with Crippen LogP contribution in [0.5, 0.6) is 0 Å². The number of fused-ring (bicyclic) bond motifs is 3. The van der Waals surface area contributed by atoms with E-state index in [0.717, 1.165) is 5.56 Å². The Kier molecular flexibility index (Phi) is 2.59. The number of hydrogen-bond donors (Lipinski definition) is 0. The summed E-state index contributed by atoms with van der Waals surface area (Å²) in [6, 6.07) is 11.2. The van der Waals surface area contributed by atoms with Crippen molar-refractivity contribution in [3.63, 3.8) is 0 Å². The monoisotopic (exact) mass is 295 g/mol. The van der Waals surface area contributed by atoms with Crippen molar-refractivity contribution in [3.05, 3.63) is 64.3 Å². The molecule has 0 unspecified atom stereocenters. The van der Waals surface area contributed by atoms with Crippen LogP contribution in [0.4, 0.5) is 4.39 Å². The van der Waals surface area contributed by atoms with Gasteiger partial charge in [-0.3, -0.25) is 0 Å². The molecule has 108 valence electrons. The lowest BCUT2D eigenvalue weighted by Gasteiger charge is -2.01. The Morgan fingerprint density at radius 2 is 1.91 bits per heavy atom. The maximum atomic E-state index is 13.0. The summed E-state index contributed by atoms with van der Waals surface area (Å²) in [6.45, 7) is 1.90. The van der Waals surface area contributed by atoms with Gasteiger partial charge in [-0.15, -0.1) is 5.10 Å². The highest BCUT2D eigenvalue weighted by Crippen LogP contribution is 2.24. The minimum Gasteiger partial charge on any atom is -0.401 e. The first-order valence-electron chi connectivity index (χ1n) is 6.68. The van der Waals surface area contributed by atoms with Crippen LogP contribution in [-0.4, -0.2) is 14.8 Å². The van der Waals surface area contributed by atoms with Gasteiger partial charge in [-0.1, -0.05) is 16.8 Å². The SMILES string of the molecule is Cc1ccc2c(c1)c(=O)oc1c(-c3ccc(F)cc3)nnn12. The second-order valence-electron chi connectivity index (χ2n) is 5.07. The molecule has 0 atom stereocenters. The molecular formula is C16H10FN3O2. The van der Waals surface area contributed by atoms with E-state index in [1.807, 2.05) is 13.0 Å². The van der Waals surface area contributed by atoms with Gasteiger partial charge >= 0.3 is 5.63 Å². The number of rotatable bonds is 1. The van der Waals surface area contributed by atoms with Crippen molar-refractivity contribution < 1.29 is 8.81 Å². The second kappa shape index (κ2) is 4.49. The smallest absolute Gasteiger partial charge is 0.347 e. The average Bonchev–Trinajstić information content (AvgIpc) is 2.92. The zero-order valence-corrected chi connectivity index (χ0v) is 11.6. The van der Waals surface area contributed by atoms with Gasteiger partial charge in [0.05, 0.1) is 10.9 Å². The first kappa shape index (κ1) is 12.7. The van der Waals surface area contributed by atoms with E-state index < -0.39 is 5.63 Å². The van der Waals surface area contributed by atoms with E-state index in [1.165, 1.54) is 16.6 Å². The Hall–Kier alpha value is -3.02. The molecule has 0 aliphatic heterocycles. The molecule has 0 aliphatic rings. The van der Waals surface area contributed by atoms with Gasteiger partial charge in [-0.25, -0.2) is 9.18 Å². The molecule has 0 saturated heterocycles. The van der Waals surface area contributed by atoms with Crippen molar-refractivity contribution in [1.82, 2.24) is 14.8 Å². The third-order valence-corrected chi connectivity index (χ3v) is 3.54. The van der Waals surface area contributed by atoms with Gasteiger partial charge in [0.15, 0.2) is 5.69 Å². The number of nitrogens with zero attached hydrogens (tertiary/aromatic N) is 3. The van der Waals surface area contributed by atoms with E-state index in [4.69, 9.17) is 4.42 Å². The standard InChI is InChI=1S/C16H10FN3O2/c1-9-2-7-13-12(8-9)16(21)22-15-14(18-19-20(13)15)10-3-5-11(17)6-4-10/h2-8H,1H3. The Balaban J connectivity index is 2.07. The Morgan fingerprint density at radius 1 is 1.14 bits per heavy atom. The topological polar surface area (TPSA) is 60.4 Å². The van der Waals surface area contributed by atoms with Crippen LogP contribution < -0.4 is 5.63 Å². The van der Waals surface area contributed by atoms with Gasteiger partial charge in [0.2, 0.25) is 0 Å². The van der Waals surface area contributed by atoms with Crippen LogP contribution in [0.3, 0.4) is 0 Å². The summed E-state index contributed by atoms with van der Waals surface area (Å²) < 4.78 is 19.9. The van der Waals surface area contributed by atoms with E-state index in [1.54, 1.807) is 24.3 Å². The number of halogens is 1. The van der Waals surface area contributed by atoms with E-state index in [9.17, 15) is 9.18 Å². The lowest BCUT2D eigenvalue weighted by atomic mass is 10.1. The van der Waals surface area contributed by atoms with Crippen LogP contribution in [0.2, 0.25) is 0 Å². The minimum atomic E-state index is -0.447. The predicted molar refractivity (Wildman–Crippen MR) is 79.2 cm³/mol. The molecule has 0 spiro atoms. The van der Waals surface area contributed by atoms with Gasteiger partial charge in [-0.05, 0) is 43.3 Å². The van der Waals surface area contributed by atoms with Crippen molar-refractivity contribution in [1.29, 1.82) is 0 Å². The summed E-state index contributed by atoms with van der Waals surface area (Å²) >= 11 is 0. The number of aromatic nitrogens is 3. The third kappa shape index (κ3) is 1.81. The fourth-order valence-electron chi connectivity index (χ4n) is 2.45. The highest BCUT2D eigenvalue weighted by atomic mass is 19.1. The molecule has 0 radical (unpaired) electrons. The zero-order chi connectivity index (χ0) is 15.3. The average molecular weight is 295 g/mol. The first-order valence-corrected chi connectivity index (χ1v) is 6.68. The molecule has 0 bridgehead atoms. The normalized spacial score (nSPS) is 11.4. The number of aryl methyl sites for hydroxylation is 1. The van der Waals surface area contributed by atoms with E-state index in [-0.39, 0.29) is 11.5 Å². The maximum Gasteiger partial charge on any atom is 0.347 e. The number of hydrogen-bond acceptors (Lipinski definition) is 4. The maximum absolute atomic E-state index is 13.0. The molecule has 0 fully saturated rings. The number of benzene rings is 2. The van der Waals surface area contributed by atoms with Gasteiger partial charge in [0, 0.05) is 5.56 Å². The summed E-state index contributed by atoms with van der Waals surface area (Å²) in [5.74, 6) is -0.345. The molecule has 5 nitrogen and oxygen atoms in total. The molecule has 4 aromatic rings. The Morgan fingerprint density at radius 3 is 2.68 bits per heavy atom. The van der Waals surface area contributed by atoms with E-state index >= 15 is 0 Å². The summed E-state index contributed by atoms with van der Waals surface area (Å²) in [4.78, 5) is 12.2. The Bertz CT molecular complexity index is 1060. The third-order valence-electron chi connectivity index (χ3n) is 3.54. The largest absolute Gasteiger partial charge is 0.401 e. The van der Waals surface area contributed by atoms with E-state index in [2.05, 4.69) is 10.3 Å². The van der Waals surface area contributed by atoms with Crippen LogP contribution >= 0.6 is 0 Å². The van der Waals surface area contributed by atoms with Gasteiger partial charge < -0.3 is 4.42 Å². The van der Waals surface area contributed by atoms with E-state index in [0.29, 0.717) is 22.2 Å². The lowest BCUT2D eigenvalue weighted by Crippen LogP contribution is -2.04. The first-order chi connectivity index (χ1) is 10.6. The lowest BCUT2D eigenvalue weighted by molar-refractivity contribution is 0.543. The van der Waals surface area contributed by atoms with Gasteiger partial charge in [0.1, 0.15) is 5.82 Å². The highest BCUT2D eigenvalue weighted by Gasteiger charge is 2.15. The summed E-state index contributed by atoms with van der Waals surface area (Å²) in [5, 5.41) is 8.57. The quantitative estimate of drug-likeness (QED) is 0.541. The molecule has 6 heteroatoms. The van der Waals surface area contributed by atoms with Crippen molar-refractivity contribution in [2.24, 2.45) is 0 Å². The molecule has 2 aromatic heterocycles. The van der Waals surface area contributed by atoms with Crippen LogP contribution in [0, 0.1) is 12.7 Å². The molecule has 0 saturated carbocycles. The van der Waals surface area contributed by atoms with Gasteiger partial charge in [0.25, 0.3) is 5.71 Å². The molecular weight excluding hydrogens is 285 g/mol. The molecule has 22 heavy (non-hydrogen) atoms. The summed E-state index contributed by atoms with van der Waals surface area (Å²) in [7, 11) is 0. The van der Waals surface area contributed by atoms with Crippen molar-refractivity contribution in [2.45, 2.75) is 6.92 Å². The van der Waals surface area contributed by atoms with Crippen molar-refractivity contribution in [2.75, 3.05) is 0 Å². The fourth-order valence-corrected chi connectivity index (χ4v) is 2.45. The van der Waals surface area contributed by atoms with Crippen LogP contribution in [0.1, 0.15) is 5.56 Å². The highest BCUT2D eigenvalue weighted by molar-refractivity contribution is 5.83. The van der Waals surface area contributed by atoms with Crippen molar-refractivity contribution in [3.8, 4) is 11.3 Å². The van der Waals surface area contributed by atoms with Crippen LogP contribution in [0.25, 0.3) is 27.9 Å². The molecule has 4 rings (SSSR count). The second-order valence-corrected chi connectivity index (χ2v) is 5.07. The molecule has 2 aromatic carbocycles. The van der Waals surface area contributed by atoms with Crippen LogP contribution in [-0.2, 0) is 0 Å². The Labute approximate surface area is 123 Å². The van der Waals surface area contributed by atoms with Gasteiger partial charge in [-0.2, -0.15) is 4.52 Å². The molecule has 0 N–H and O–H groups in total.